The number of aryl methyl sites for hydroxylation is 1. The summed E-state index contributed by atoms with van der Waals surface area (Å²) < 4.78 is 0. The fraction of sp³-hybridized carbons (Fsp3) is 0.125. The fourth-order valence-electron chi connectivity index (χ4n) is 1.14. The van der Waals surface area contributed by atoms with E-state index in [4.69, 9.17) is 11.6 Å². The Balaban J connectivity index is 2.56. The largest absolute Gasteiger partial charge is 0.295 e. The van der Waals surface area contributed by atoms with Crippen molar-refractivity contribution in [1.29, 1.82) is 0 Å². The number of nitrogens with one attached hydrogen (secondary N) is 1. The zero-order valence-electron chi connectivity index (χ0n) is 7.24. The van der Waals surface area contributed by atoms with Crippen molar-refractivity contribution in [3.05, 3.63) is 21.1 Å². The maximum Gasteiger partial charge on any atom is 0.178 e. The number of rotatable bonds is 2. The van der Waals surface area contributed by atoms with Crippen LogP contribution < -0.4 is 0 Å². The first-order valence-electron chi connectivity index (χ1n) is 3.84. The Morgan fingerprint density at radius 3 is 2.93 bits per heavy atom. The number of aldehydes is 1. The maximum absolute atomic E-state index is 10.5. The number of carbonyl (C=O) groups excluding carboxylic acids is 1. The van der Waals surface area contributed by atoms with Crippen molar-refractivity contribution in [3.8, 4) is 11.4 Å². The van der Waals surface area contributed by atoms with Crippen LogP contribution >= 0.6 is 22.9 Å². The fourth-order valence-corrected chi connectivity index (χ4v) is 2.06. The monoisotopic (exact) mass is 227 g/mol. The van der Waals surface area contributed by atoms with Crippen LogP contribution in [0.1, 0.15) is 14.7 Å². The van der Waals surface area contributed by atoms with Crippen LogP contribution in [0.3, 0.4) is 0 Å². The molecule has 0 bridgehead atoms. The minimum absolute atomic E-state index is 0.447. The molecule has 14 heavy (non-hydrogen) atoms. The van der Waals surface area contributed by atoms with Gasteiger partial charge in [-0.2, -0.15) is 5.10 Å². The van der Waals surface area contributed by atoms with Crippen molar-refractivity contribution in [2.24, 2.45) is 0 Å². The predicted molar refractivity (Wildman–Crippen MR) is 54.8 cm³/mol. The maximum atomic E-state index is 10.5. The van der Waals surface area contributed by atoms with Crippen molar-refractivity contribution in [3.63, 3.8) is 0 Å². The van der Waals surface area contributed by atoms with E-state index >= 15 is 0 Å². The highest BCUT2D eigenvalue weighted by atomic mass is 35.5. The number of aromatic amines is 1. The number of hydrogen-bond acceptors (Lipinski definition) is 4. The molecule has 0 radical (unpaired) electrons. The molecule has 2 rings (SSSR count). The van der Waals surface area contributed by atoms with Gasteiger partial charge in [-0.3, -0.25) is 9.89 Å². The van der Waals surface area contributed by atoms with Gasteiger partial charge in [0.25, 0.3) is 0 Å². The van der Waals surface area contributed by atoms with Gasteiger partial charge in [0, 0.05) is 4.88 Å². The molecule has 0 atom stereocenters. The predicted octanol–water partition coefficient (Wildman–Crippen LogP) is 2.31. The molecule has 0 aliphatic rings. The van der Waals surface area contributed by atoms with Crippen molar-refractivity contribution in [1.82, 2.24) is 15.2 Å². The van der Waals surface area contributed by atoms with Gasteiger partial charge in [-0.15, -0.1) is 11.3 Å². The molecule has 2 heterocycles. The summed E-state index contributed by atoms with van der Waals surface area (Å²) >= 11 is 7.22. The lowest BCUT2D eigenvalue weighted by Gasteiger charge is -1.92. The number of H-pyrrole nitrogens is 1. The summed E-state index contributed by atoms with van der Waals surface area (Å²) in [5.74, 6) is 0. The molecule has 0 fully saturated rings. The highest BCUT2D eigenvalue weighted by Crippen LogP contribution is 2.29. The molecule has 0 saturated carbocycles. The molecule has 2 aromatic heterocycles. The van der Waals surface area contributed by atoms with Crippen molar-refractivity contribution in [2.75, 3.05) is 0 Å². The summed E-state index contributed by atoms with van der Waals surface area (Å²) in [6.45, 7) is 1.89. The standard InChI is InChI=1S/C8H6ClN3OS/c1-4-7(11-6(3-13)14-4)8-5(9)2-10-12-8/h2-3H,1H3,(H,10,12). The smallest absolute Gasteiger partial charge is 0.178 e. The van der Waals surface area contributed by atoms with E-state index < -0.39 is 0 Å². The van der Waals surface area contributed by atoms with Crippen LogP contribution in [-0.2, 0) is 0 Å². The molecule has 2 aromatic rings. The zero-order valence-corrected chi connectivity index (χ0v) is 8.82. The Bertz CT molecular complexity index is 477. The number of aromatic nitrogens is 3. The summed E-state index contributed by atoms with van der Waals surface area (Å²) in [6.07, 6.45) is 2.24. The Hall–Kier alpha value is -1.20. The molecular formula is C8H6ClN3OS. The Morgan fingerprint density at radius 1 is 1.64 bits per heavy atom. The van der Waals surface area contributed by atoms with E-state index in [2.05, 4.69) is 15.2 Å². The number of thiazole rings is 1. The second-order valence-electron chi connectivity index (χ2n) is 2.67. The van der Waals surface area contributed by atoms with Crippen molar-refractivity contribution < 1.29 is 4.79 Å². The quantitative estimate of drug-likeness (QED) is 0.801. The van der Waals surface area contributed by atoms with Crippen LogP contribution in [-0.4, -0.2) is 21.5 Å². The minimum atomic E-state index is 0.447. The van der Waals surface area contributed by atoms with E-state index in [-0.39, 0.29) is 0 Å². The SMILES string of the molecule is Cc1sc(C=O)nc1-c1[nH]ncc1Cl. The van der Waals surface area contributed by atoms with Gasteiger partial charge in [-0.05, 0) is 6.92 Å². The van der Waals surface area contributed by atoms with Gasteiger partial charge in [0.1, 0.15) is 11.4 Å². The van der Waals surface area contributed by atoms with E-state index in [9.17, 15) is 4.79 Å². The molecule has 72 valence electrons. The zero-order chi connectivity index (χ0) is 10.1. The second-order valence-corrected chi connectivity index (χ2v) is 4.31. The van der Waals surface area contributed by atoms with E-state index in [1.54, 1.807) is 0 Å². The number of nitrogens with zero attached hydrogens (tertiary/aromatic N) is 2. The Labute approximate surface area is 88.9 Å². The first kappa shape index (κ1) is 9.36. The van der Waals surface area contributed by atoms with Gasteiger partial charge in [-0.25, -0.2) is 4.98 Å². The topological polar surface area (TPSA) is 58.6 Å². The summed E-state index contributed by atoms with van der Waals surface area (Å²) in [6, 6.07) is 0. The highest BCUT2D eigenvalue weighted by molar-refractivity contribution is 7.13. The van der Waals surface area contributed by atoms with Crippen LogP contribution in [0.4, 0.5) is 0 Å². The molecule has 6 heteroatoms. The molecule has 0 saturated heterocycles. The number of halogens is 1. The first-order valence-corrected chi connectivity index (χ1v) is 5.03. The van der Waals surface area contributed by atoms with Crippen molar-refractivity contribution in [2.45, 2.75) is 6.92 Å². The number of hydrogen-bond donors (Lipinski definition) is 1. The van der Waals surface area contributed by atoms with Gasteiger partial charge in [0.15, 0.2) is 11.3 Å². The summed E-state index contributed by atoms with van der Waals surface area (Å²) in [7, 11) is 0. The molecule has 0 amide bonds. The van der Waals surface area contributed by atoms with Gasteiger partial charge in [0.05, 0.1) is 11.2 Å². The molecule has 0 aliphatic carbocycles. The van der Waals surface area contributed by atoms with Gasteiger partial charge >= 0.3 is 0 Å². The lowest BCUT2D eigenvalue weighted by Crippen LogP contribution is -1.83. The van der Waals surface area contributed by atoms with Gasteiger partial charge in [0.2, 0.25) is 0 Å². The molecule has 0 spiro atoms. The highest BCUT2D eigenvalue weighted by Gasteiger charge is 2.13. The molecule has 1 N–H and O–H groups in total. The van der Waals surface area contributed by atoms with Crippen LogP contribution in [0.5, 0.6) is 0 Å². The second kappa shape index (κ2) is 3.51. The van der Waals surface area contributed by atoms with Crippen LogP contribution in [0.15, 0.2) is 6.20 Å². The molecule has 4 nitrogen and oxygen atoms in total. The van der Waals surface area contributed by atoms with Gasteiger partial charge < -0.3 is 0 Å². The average Bonchev–Trinajstić information content (AvgIpc) is 2.72. The third-order valence-corrected chi connectivity index (χ3v) is 2.93. The Morgan fingerprint density at radius 2 is 2.43 bits per heavy atom. The lowest BCUT2D eigenvalue weighted by atomic mass is 10.3. The van der Waals surface area contributed by atoms with E-state index in [0.717, 1.165) is 11.2 Å². The van der Waals surface area contributed by atoms with Crippen LogP contribution in [0.25, 0.3) is 11.4 Å². The van der Waals surface area contributed by atoms with Gasteiger partial charge in [-0.1, -0.05) is 11.6 Å². The first-order chi connectivity index (χ1) is 6.72. The third kappa shape index (κ3) is 1.44. The lowest BCUT2D eigenvalue weighted by molar-refractivity contribution is 0.112. The average molecular weight is 228 g/mol. The molecular weight excluding hydrogens is 222 g/mol. The third-order valence-electron chi connectivity index (χ3n) is 1.74. The Kier molecular flexibility index (Phi) is 2.35. The summed E-state index contributed by atoms with van der Waals surface area (Å²) in [4.78, 5) is 15.6. The normalized spacial score (nSPS) is 10.4. The molecule has 0 aromatic carbocycles. The van der Waals surface area contributed by atoms with E-state index in [0.29, 0.717) is 21.4 Å². The molecule has 0 aliphatic heterocycles. The van der Waals surface area contributed by atoms with E-state index in [1.807, 2.05) is 6.92 Å². The molecule has 0 unspecified atom stereocenters. The van der Waals surface area contributed by atoms with Crippen LogP contribution in [0, 0.1) is 6.92 Å². The van der Waals surface area contributed by atoms with Crippen molar-refractivity contribution >= 4 is 29.2 Å². The van der Waals surface area contributed by atoms with E-state index in [1.165, 1.54) is 17.5 Å². The summed E-state index contributed by atoms with van der Waals surface area (Å²) in [5.41, 5.74) is 1.35. The number of carbonyl (C=O) groups is 1. The minimum Gasteiger partial charge on any atom is -0.295 e. The van der Waals surface area contributed by atoms with Crippen LogP contribution in [0.2, 0.25) is 5.02 Å². The summed E-state index contributed by atoms with van der Waals surface area (Å²) in [5, 5.41) is 7.50.